The highest BCUT2D eigenvalue weighted by Gasteiger charge is 2.30. The SMILES string of the molecule is CN1CCCC(CN(CCO)C2CC2)C1. The minimum absolute atomic E-state index is 0.319. The van der Waals surface area contributed by atoms with Crippen molar-refractivity contribution < 1.29 is 5.11 Å². The molecule has 0 aromatic carbocycles. The molecular formula is C12H24N2O. The van der Waals surface area contributed by atoms with Crippen LogP contribution in [0.4, 0.5) is 0 Å². The number of piperidine rings is 1. The van der Waals surface area contributed by atoms with Gasteiger partial charge in [0.05, 0.1) is 6.61 Å². The molecule has 0 aromatic rings. The Bertz CT molecular complexity index is 194. The molecule has 88 valence electrons. The molecule has 15 heavy (non-hydrogen) atoms. The summed E-state index contributed by atoms with van der Waals surface area (Å²) in [6.45, 7) is 4.91. The number of aliphatic hydroxyl groups is 1. The van der Waals surface area contributed by atoms with Gasteiger partial charge >= 0.3 is 0 Å². The van der Waals surface area contributed by atoms with Crippen LogP contribution in [0, 0.1) is 5.92 Å². The van der Waals surface area contributed by atoms with E-state index in [1.165, 1.54) is 45.3 Å². The van der Waals surface area contributed by atoms with E-state index in [1.54, 1.807) is 0 Å². The third-order valence-electron chi connectivity index (χ3n) is 3.67. The van der Waals surface area contributed by atoms with Gasteiger partial charge in [-0.05, 0) is 45.2 Å². The molecule has 1 saturated heterocycles. The summed E-state index contributed by atoms with van der Waals surface area (Å²) in [4.78, 5) is 4.95. The van der Waals surface area contributed by atoms with E-state index >= 15 is 0 Å². The fraction of sp³-hybridized carbons (Fsp3) is 1.00. The number of nitrogens with zero attached hydrogens (tertiary/aromatic N) is 2. The lowest BCUT2D eigenvalue weighted by Crippen LogP contribution is -2.41. The van der Waals surface area contributed by atoms with E-state index in [2.05, 4.69) is 16.8 Å². The van der Waals surface area contributed by atoms with Gasteiger partial charge in [-0.25, -0.2) is 0 Å². The van der Waals surface area contributed by atoms with Gasteiger partial charge in [0.1, 0.15) is 0 Å². The fourth-order valence-electron chi connectivity index (χ4n) is 2.74. The van der Waals surface area contributed by atoms with Crippen LogP contribution < -0.4 is 0 Å². The Morgan fingerprint density at radius 2 is 2.13 bits per heavy atom. The topological polar surface area (TPSA) is 26.7 Å². The van der Waals surface area contributed by atoms with Crippen LogP contribution in [0.15, 0.2) is 0 Å². The Morgan fingerprint density at radius 1 is 1.33 bits per heavy atom. The minimum Gasteiger partial charge on any atom is -0.395 e. The summed E-state index contributed by atoms with van der Waals surface area (Å²) >= 11 is 0. The molecule has 1 heterocycles. The number of rotatable bonds is 5. The lowest BCUT2D eigenvalue weighted by Gasteiger charge is -2.33. The van der Waals surface area contributed by atoms with Gasteiger partial charge in [-0.2, -0.15) is 0 Å². The number of hydrogen-bond acceptors (Lipinski definition) is 3. The van der Waals surface area contributed by atoms with Crippen molar-refractivity contribution in [2.24, 2.45) is 5.92 Å². The van der Waals surface area contributed by atoms with Crippen molar-refractivity contribution in [3.8, 4) is 0 Å². The van der Waals surface area contributed by atoms with Gasteiger partial charge in [-0.3, -0.25) is 4.90 Å². The van der Waals surface area contributed by atoms with Gasteiger partial charge in [0.2, 0.25) is 0 Å². The summed E-state index contributed by atoms with van der Waals surface area (Å²) in [5.41, 5.74) is 0. The zero-order chi connectivity index (χ0) is 10.7. The lowest BCUT2D eigenvalue weighted by atomic mass is 9.98. The van der Waals surface area contributed by atoms with Crippen LogP contribution in [0.25, 0.3) is 0 Å². The van der Waals surface area contributed by atoms with Gasteiger partial charge in [-0.1, -0.05) is 0 Å². The smallest absolute Gasteiger partial charge is 0.0558 e. The molecule has 2 aliphatic rings. The first-order valence-electron chi connectivity index (χ1n) is 6.33. The minimum atomic E-state index is 0.319. The number of hydrogen-bond donors (Lipinski definition) is 1. The van der Waals surface area contributed by atoms with Gasteiger partial charge in [-0.15, -0.1) is 0 Å². The molecule has 1 unspecified atom stereocenters. The summed E-state index contributed by atoms with van der Waals surface area (Å²) in [5, 5.41) is 9.04. The molecule has 3 heteroatoms. The van der Waals surface area contributed by atoms with Crippen molar-refractivity contribution >= 4 is 0 Å². The second-order valence-corrected chi connectivity index (χ2v) is 5.22. The van der Waals surface area contributed by atoms with Crippen molar-refractivity contribution in [2.75, 3.05) is 39.8 Å². The van der Waals surface area contributed by atoms with Crippen molar-refractivity contribution in [2.45, 2.75) is 31.7 Å². The maximum Gasteiger partial charge on any atom is 0.0558 e. The predicted octanol–water partition coefficient (Wildman–Crippen LogP) is 0.785. The lowest BCUT2D eigenvalue weighted by molar-refractivity contribution is 0.128. The molecule has 1 N–H and O–H groups in total. The van der Waals surface area contributed by atoms with Crippen molar-refractivity contribution in [3.63, 3.8) is 0 Å². The van der Waals surface area contributed by atoms with Crippen molar-refractivity contribution in [1.29, 1.82) is 0 Å². The number of likely N-dealkylation sites (tertiary alicyclic amines) is 1. The molecule has 1 atom stereocenters. The van der Waals surface area contributed by atoms with Crippen LogP contribution in [0.1, 0.15) is 25.7 Å². The third kappa shape index (κ3) is 3.44. The quantitative estimate of drug-likeness (QED) is 0.730. The maximum atomic E-state index is 9.04. The fourth-order valence-corrected chi connectivity index (χ4v) is 2.74. The van der Waals surface area contributed by atoms with E-state index in [4.69, 9.17) is 5.11 Å². The van der Waals surface area contributed by atoms with Crippen molar-refractivity contribution in [1.82, 2.24) is 9.80 Å². The molecule has 3 nitrogen and oxygen atoms in total. The summed E-state index contributed by atoms with van der Waals surface area (Å²) < 4.78 is 0. The summed E-state index contributed by atoms with van der Waals surface area (Å²) in [6.07, 6.45) is 5.42. The zero-order valence-electron chi connectivity index (χ0n) is 9.86. The molecule has 0 radical (unpaired) electrons. The average Bonchev–Trinajstić information content (AvgIpc) is 3.00. The number of aliphatic hydroxyl groups excluding tert-OH is 1. The van der Waals surface area contributed by atoms with Gasteiger partial charge in [0, 0.05) is 25.7 Å². The molecule has 1 saturated carbocycles. The molecule has 0 amide bonds. The highest BCUT2D eigenvalue weighted by Crippen LogP contribution is 2.28. The van der Waals surface area contributed by atoms with E-state index in [0.717, 1.165) is 18.5 Å². The first-order chi connectivity index (χ1) is 7.29. The molecule has 0 bridgehead atoms. The van der Waals surface area contributed by atoms with E-state index in [1.807, 2.05) is 0 Å². The van der Waals surface area contributed by atoms with Crippen LogP contribution in [-0.4, -0.2) is 60.8 Å². The van der Waals surface area contributed by atoms with Crippen LogP contribution >= 0.6 is 0 Å². The Kier molecular flexibility index (Phi) is 4.00. The highest BCUT2D eigenvalue weighted by molar-refractivity contribution is 4.86. The molecule has 0 spiro atoms. The Hall–Kier alpha value is -0.120. The van der Waals surface area contributed by atoms with Gasteiger partial charge < -0.3 is 10.0 Å². The molecule has 1 aliphatic carbocycles. The third-order valence-corrected chi connectivity index (χ3v) is 3.67. The maximum absolute atomic E-state index is 9.04. The highest BCUT2D eigenvalue weighted by atomic mass is 16.3. The molecular weight excluding hydrogens is 188 g/mol. The van der Waals surface area contributed by atoms with E-state index in [9.17, 15) is 0 Å². The van der Waals surface area contributed by atoms with E-state index in [-0.39, 0.29) is 0 Å². The second-order valence-electron chi connectivity index (χ2n) is 5.22. The standard InChI is InChI=1S/C12H24N2O/c1-13-6-2-3-11(9-13)10-14(7-8-15)12-4-5-12/h11-12,15H,2-10H2,1H3. The second kappa shape index (κ2) is 5.28. The summed E-state index contributed by atoms with van der Waals surface area (Å²) in [5.74, 6) is 0.830. The zero-order valence-corrected chi connectivity index (χ0v) is 9.86. The Morgan fingerprint density at radius 3 is 2.73 bits per heavy atom. The first kappa shape index (κ1) is 11.4. The van der Waals surface area contributed by atoms with Crippen LogP contribution in [0.3, 0.4) is 0 Å². The van der Waals surface area contributed by atoms with Crippen molar-refractivity contribution in [3.05, 3.63) is 0 Å². The molecule has 2 rings (SSSR count). The van der Waals surface area contributed by atoms with Crippen LogP contribution in [0.2, 0.25) is 0 Å². The van der Waals surface area contributed by atoms with E-state index < -0.39 is 0 Å². The molecule has 1 aliphatic heterocycles. The largest absolute Gasteiger partial charge is 0.395 e. The normalized spacial score (nSPS) is 28.6. The first-order valence-corrected chi connectivity index (χ1v) is 6.33. The monoisotopic (exact) mass is 212 g/mol. The Balaban J connectivity index is 1.77. The molecule has 0 aromatic heterocycles. The average molecular weight is 212 g/mol. The van der Waals surface area contributed by atoms with Gasteiger partial charge in [0.15, 0.2) is 0 Å². The summed E-state index contributed by atoms with van der Waals surface area (Å²) in [7, 11) is 2.22. The van der Waals surface area contributed by atoms with Crippen LogP contribution in [-0.2, 0) is 0 Å². The predicted molar refractivity (Wildman–Crippen MR) is 61.9 cm³/mol. The Labute approximate surface area is 93.1 Å². The van der Waals surface area contributed by atoms with E-state index in [0.29, 0.717) is 6.61 Å². The van der Waals surface area contributed by atoms with Crippen LogP contribution in [0.5, 0.6) is 0 Å². The summed E-state index contributed by atoms with van der Waals surface area (Å²) in [6, 6.07) is 0.796. The molecule has 2 fully saturated rings. The van der Waals surface area contributed by atoms with Gasteiger partial charge in [0.25, 0.3) is 0 Å².